The maximum absolute atomic E-state index is 11.7. The first-order valence-corrected chi connectivity index (χ1v) is 4.64. The molecule has 82 valence electrons. The van der Waals surface area contributed by atoms with Gasteiger partial charge < -0.3 is 15.6 Å². The Morgan fingerprint density at radius 2 is 2.31 bits per heavy atom. The fraction of sp³-hybridized carbons (Fsp3) is 0.100. The van der Waals surface area contributed by atoms with Crippen molar-refractivity contribution in [1.29, 1.82) is 0 Å². The van der Waals surface area contributed by atoms with Crippen molar-refractivity contribution in [3.8, 4) is 0 Å². The Morgan fingerprint density at radius 1 is 1.44 bits per heavy atom. The number of carbonyl (C=O) groups excluding carboxylic acids is 1. The number of anilines is 1. The quantitative estimate of drug-likeness (QED) is 0.785. The molecule has 16 heavy (non-hydrogen) atoms. The summed E-state index contributed by atoms with van der Waals surface area (Å²) in [6, 6.07) is 3.24. The molecule has 1 amide bonds. The average Bonchev–Trinajstić information content (AvgIpc) is 2.79. The van der Waals surface area contributed by atoms with Crippen molar-refractivity contribution < 1.29 is 9.32 Å². The van der Waals surface area contributed by atoms with Gasteiger partial charge in [0.15, 0.2) is 5.76 Å². The standard InChI is InChI=1S/C10H10N4O2/c11-9-6-12-3-2-8(9)10(15)13-5-7-1-4-14-16-7/h1-4,6H,5,11H2,(H,13,15). The number of hydrogen-bond donors (Lipinski definition) is 2. The molecule has 0 aromatic carbocycles. The number of nitrogens with one attached hydrogen (secondary N) is 1. The second-order valence-corrected chi connectivity index (χ2v) is 3.12. The van der Waals surface area contributed by atoms with Gasteiger partial charge in [-0.15, -0.1) is 0 Å². The van der Waals surface area contributed by atoms with E-state index in [9.17, 15) is 4.79 Å². The molecule has 0 saturated heterocycles. The first-order valence-electron chi connectivity index (χ1n) is 4.64. The summed E-state index contributed by atoms with van der Waals surface area (Å²) in [4.78, 5) is 15.5. The van der Waals surface area contributed by atoms with Crippen LogP contribution in [0.1, 0.15) is 16.1 Å². The van der Waals surface area contributed by atoms with Gasteiger partial charge in [0, 0.05) is 12.3 Å². The summed E-state index contributed by atoms with van der Waals surface area (Å²) in [6.07, 6.45) is 4.46. The van der Waals surface area contributed by atoms with Gasteiger partial charge in [0.05, 0.1) is 30.2 Å². The zero-order valence-corrected chi connectivity index (χ0v) is 8.38. The van der Waals surface area contributed by atoms with Gasteiger partial charge in [-0.05, 0) is 6.07 Å². The first-order chi connectivity index (χ1) is 7.77. The molecule has 2 heterocycles. The minimum atomic E-state index is -0.267. The fourth-order valence-electron chi connectivity index (χ4n) is 1.21. The van der Waals surface area contributed by atoms with Crippen LogP contribution in [0.5, 0.6) is 0 Å². The molecule has 6 heteroatoms. The van der Waals surface area contributed by atoms with Crippen LogP contribution >= 0.6 is 0 Å². The minimum Gasteiger partial charge on any atom is -0.397 e. The van der Waals surface area contributed by atoms with Crippen molar-refractivity contribution in [1.82, 2.24) is 15.5 Å². The van der Waals surface area contributed by atoms with Crippen molar-refractivity contribution in [2.75, 3.05) is 5.73 Å². The Kier molecular flexibility index (Phi) is 2.81. The summed E-state index contributed by atoms with van der Waals surface area (Å²) in [5.74, 6) is 0.317. The summed E-state index contributed by atoms with van der Waals surface area (Å²) in [7, 11) is 0. The van der Waals surface area contributed by atoms with Crippen LogP contribution in [0.3, 0.4) is 0 Å². The van der Waals surface area contributed by atoms with E-state index < -0.39 is 0 Å². The molecule has 2 aromatic heterocycles. The second-order valence-electron chi connectivity index (χ2n) is 3.12. The third-order valence-corrected chi connectivity index (χ3v) is 2.01. The molecule has 0 aliphatic rings. The second kappa shape index (κ2) is 4.43. The molecule has 0 aliphatic heterocycles. The van der Waals surface area contributed by atoms with Crippen LogP contribution < -0.4 is 11.1 Å². The Balaban J connectivity index is 2.01. The van der Waals surface area contributed by atoms with Crippen LogP contribution in [-0.4, -0.2) is 16.0 Å². The topological polar surface area (TPSA) is 94.0 Å². The summed E-state index contributed by atoms with van der Waals surface area (Å²) in [6.45, 7) is 0.278. The molecule has 3 N–H and O–H groups in total. The Labute approximate surface area is 91.5 Å². The van der Waals surface area contributed by atoms with Gasteiger partial charge in [-0.3, -0.25) is 9.78 Å². The maximum atomic E-state index is 11.7. The van der Waals surface area contributed by atoms with Crippen molar-refractivity contribution >= 4 is 11.6 Å². The number of amides is 1. The highest BCUT2D eigenvalue weighted by Crippen LogP contribution is 2.08. The van der Waals surface area contributed by atoms with E-state index in [-0.39, 0.29) is 12.5 Å². The molecule has 0 radical (unpaired) electrons. The van der Waals surface area contributed by atoms with Crippen LogP contribution in [0.2, 0.25) is 0 Å². The molecule has 0 atom stereocenters. The number of nitrogens with two attached hydrogens (primary N) is 1. The van der Waals surface area contributed by atoms with Crippen LogP contribution in [-0.2, 0) is 6.54 Å². The van der Waals surface area contributed by atoms with Crippen LogP contribution in [0.25, 0.3) is 0 Å². The van der Waals surface area contributed by atoms with E-state index in [0.29, 0.717) is 17.0 Å². The SMILES string of the molecule is Nc1cnccc1C(=O)NCc1ccno1. The zero-order chi connectivity index (χ0) is 11.4. The number of hydrogen-bond acceptors (Lipinski definition) is 5. The molecular formula is C10H10N4O2. The zero-order valence-electron chi connectivity index (χ0n) is 8.38. The molecule has 0 saturated carbocycles. The predicted molar refractivity (Wildman–Crippen MR) is 56.3 cm³/mol. The maximum Gasteiger partial charge on any atom is 0.253 e. The normalized spacial score (nSPS) is 10.0. The lowest BCUT2D eigenvalue weighted by atomic mass is 10.2. The van der Waals surface area contributed by atoms with E-state index in [1.165, 1.54) is 18.6 Å². The average molecular weight is 218 g/mol. The predicted octanol–water partition coefficient (Wildman–Crippen LogP) is 0.582. The molecule has 6 nitrogen and oxygen atoms in total. The highest BCUT2D eigenvalue weighted by Gasteiger charge is 2.09. The van der Waals surface area contributed by atoms with E-state index in [2.05, 4.69) is 15.5 Å². The Hall–Kier alpha value is -2.37. The van der Waals surface area contributed by atoms with Gasteiger partial charge in [0.2, 0.25) is 0 Å². The fourth-order valence-corrected chi connectivity index (χ4v) is 1.21. The van der Waals surface area contributed by atoms with Crippen LogP contribution in [0.4, 0.5) is 5.69 Å². The molecule has 0 unspecified atom stereocenters. The van der Waals surface area contributed by atoms with E-state index in [4.69, 9.17) is 10.3 Å². The van der Waals surface area contributed by atoms with E-state index in [1.807, 2.05) is 0 Å². The molecular weight excluding hydrogens is 208 g/mol. The van der Waals surface area contributed by atoms with E-state index >= 15 is 0 Å². The van der Waals surface area contributed by atoms with Gasteiger partial charge in [-0.25, -0.2) is 0 Å². The third kappa shape index (κ3) is 2.17. The van der Waals surface area contributed by atoms with Crippen molar-refractivity contribution in [3.63, 3.8) is 0 Å². The molecule has 0 fully saturated rings. The van der Waals surface area contributed by atoms with Gasteiger partial charge >= 0.3 is 0 Å². The molecule has 0 bridgehead atoms. The van der Waals surface area contributed by atoms with Crippen LogP contribution in [0, 0.1) is 0 Å². The van der Waals surface area contributed by atoms with Gasteiger partial charge in [-0.2, -0.15) is 0 Å². The summed E-state index contributed by atoms with van der Waals surface area (Å²) in [5, 5.41) is 6.19. The largest absolute Gasteiger partial charge is 0.397 e. The summed E-state index contributed by atoms with van der Waals surface area (Å²) >= 11 is 0. The highest BCUT2D eigenvalue weighted by molar-refractivity contribution is 5.98. The molecule has 0 aliphatic carbocycles. The number of aromatic nitrogens is 2. The van der Waals surface area contributed by atoms with Gasteiger partial charge in [-0.1, -0.05) is 5.16 Å². The van der Waals surface area contributed by atoms with Gasteiger partial charge in [0.1, 0.15) is 0 Å². The first kappa shape index (κ1) is 10.2. The molecule has 0 spiro atoms. The summed E-state index contributed by atoms with van der Waals surface area (Å²) in [5.41, 5.74) is 6.35. The third-order valence-electron chi connectivity index (χ3n) is 2.01. The Morgan fingerprint density at radius 3 is 3.00 bits per heavy atom. The summed E-state index contributed by atoms with van der Waals surface area (Å²) < 4.78 is 4.84. The van der Waals surface area contributed by atoms with Crippen LogP contribution in [0.15, 0.2) is 35.2 Å². The number of nitrogen functional groups attached to an aromatic ring is 1. The smallest absolute Gasteiger partial charge is 0.253 e. The molecule has 2 rings (SSSR count). The number of rotatable bonds is 3. The number of nitrogens with zero attached hydrogens (tertiary/aromatic N) is 2. The molecule has 2 aromatic rings. The lowest BCUT2D eigenvalue weighted by molar-refractivity contribution is 0.0948. The number of pyridine rings is 1. The highest BCUT2D eigenvalue weighted by atomic mass is 16.5. The lowest BCUT2D eigenvalue weighted by Crippen LogP contribution is -2.23. The number of carbonyl (C=O) groups is 1. The van der Waals surface area contributed by atoms with Crippen molar-refractivity contribution in [3.05, 3.63) is 42.0 Å². The Bertz CT molecular complexity index is 481. The van der Waals surface area contributed by atoms with Crippen molar-refractivity contribution in [2.45, 2.75) is 6.54 Å². The van der Waals surface area contributed by atoms with E-state index in [1.54, 1.807) is 12.1 Å². The van der Waals surface area contributed by atoms with Crippen molar-refractivity contribution in [2.24, 2.45) is 0 Å². The minimum absolute atomic E-state index is 0.267. The van der Waals surface area contributed by atoms with E-state index in [0.717, 1.165) is 0 Å². The van der Waals surface area contributed by atoms with Gasteiger partial charge in [0.25, 0.3) is 5.91 Å². The lowest BCUT2D eigenvalue weighted by Gasteiger charge is -2.04. The monoisotopic (exact) mass is 218 g/mol.